The minimum Gasteiger partial charge on any atom is -0.465 e. The molecule has 0 heterocycles. The monoisotopic (exact) mass is 374 g/mol. The fourth-order valence-corrected chi connectivity index (χ4v) is 2.58. The summed E-state index contributed by atoms with van der Waals surface area (Å²) in [4.78, 5) is 36.4. The number of anilines is 2. The Hall–Kier alpha value is -3.93. The lowest BCUT2D eigenvalue weighted by Crippen LogP contribution is -2.14. The van der Waals surface area contributed by atoms with Crippen molar-refractivity contribution >= 4 is 29.2 Å². The molecular weight excluding hydrogens is 356 g/mol. The van der Waals surface area contributed by atoms with Crippen LogP contribution in [0, 0.1) is 0 Å². The van der Waals surface area contributed by atoms with Crippen LogP contribution in [0.4, 0.5) is 11.4 Å². The molecule has 0 bridgehead atoms. The van der Waals surface area contributed by atoms with Crippen LogP contribution in [0.1, 0.15) is 31.1 Å². The van der Waals surface area contributed by atoms with E-state index in [4.69, 9.17) is 0 Å². The highest BCUT2D eigenvalue weighted by atomic mass is 16.5. The summed E-state index contributed by atoms with van der Waals surface area (Å²) in [6.45, 7) is 0. The highest BCUT2D eigenvalue weighted by molar-refractivity contribution is 6.07. The van der Waals surface area contributed by atoms with Gasteiger partial charge in [0.05, 0.1) is 12.7 Å². The molecule has 0 unspecified atom stereocenters. The van der Waals surface area contributed by atoms with E-state index in [1.54, 1.807) is 66.7 Å². The molecule has 0 fully saturated rings. The number of hydrogen-bond acceptors (Lipinski definition) is 4. The van der Waals surface area contributed by atoms with Gasteiger partial charge in [-0.15, -0.1) is 0 Å². The quantitative estimate of drug-likeness (QED) is 0.662. The molecule has 0 saturated heterocycles. The summed E-state index contributed by atoms with van der Waals surface area (Å²) in [7, 11) is 1.28. The van der Waals surface area contributed by atoms with Crippen LogP contribution >= 0.6 is 0 Å². The molecule has 28 heavy (non-hydrogen) atoms. The molecule has 0 aromatic heterocycles. The Morgan fingerprint density at radius 3 is 1.82 bits per heavy atom. The Labute approximate surface area is 162 Å². The molecule has 0 saturated carbocycles. The largest absolute Gasteiger partial charge is 0.465 e. The van der Waals surface area contributed by atoms with Crippen LogP contribution in [0.5, 0.6) is 0 Å². The van der Waals surface area contributed by atoms with Crippen molar-refractivity contribution in [1.29, 1.82) is 0 Å². The molecule has 0 aliphatic carbocycles. The number of ether oxygens (including phenoxy) is 1. The highest BCUT2D eigenvalue weighted by Gasteiger charge is 2.11. The van der Waals surface area contributed by atoms with Gasteiger partial charge in [0.2, 0.25) is 0 Å². The predicted octanol–water partition coefficient (Wildman–Crippen LogP) is 3.98. The third-order valence-electron chi connectivity index (χ3n) is 3.96. The first-order valence-corrected chi connectivity index (χ1v) is 8.53. The van der Waals surface area contributed by atoms with Gasteiger partial charge in [-0.2, -0.15) is 0 Å². The zero-order valence-electron chi connectivity index (χ0n) is 15.1. The number of hydrogen-bond donors (Lipinski definition) is 2. The Balaban J connectivity index is 1.71. The van der Waals surface area contributed by atoms with E-state index in [-0.39, 0.29) is 11.8 Å². The summed E-state index contributed by atoms with van der Waals surface area (Å²) >= 11 is 0. The first-order chi connectivity index (χ1) is 13.6. The van der Waals surface area contributed by atoms with Crippen molar-refractivity contribution in [3.63, 3.8) is 0 Å². The lowest BCUT2D eigenvalue weighted by molar-refractivity contribution is 0.0600. The number of esters is 1. The smallest absolute Gasteiger partial charge is 0.337 e. The van der Waals surface area contributed by atoms with E-state index < -0.39 is 5.97 Å². The zero-order valence-corrected chi connectivity index (χ0v) is 15.1. The number of carbonyl (C=O) groups excluding carboxylic acids is 3. The van der Waals surface area contributed by atoms with E-state index in [0.717, 1.165) is 0 Å². The van der Waals surface area contributed by atoms with Gasteiger partial charge >= 0.3 is 5.97 Å². The van der Waals surface area contributed by atoms with Crippen molar-refractivity contribution in [3.05, 3.63) is 95.6 Å². The first-order valence-electron chi connectivity index (χ1n) is 8.53. The van der Waals surface area contributed by atoms with Crippen LogP contribution in [0.25, 0.3) is 0 Å². The van der Waals surface area contributed by atoms with Gasteiger partial charge in [-0.3, -0.25) is 9.59 Å². The lowest BCUT2D eigenvalue weighted by atomic mass is 10.1. The zero-order chi connectivity index (χ0) is 19.9. The van der Waals surface area contributed by atoms with E-state index >= 15 is 0 Å². The van der Waals surface area contributed by atoms with Gasteiger partial charge in [0.25, 0.3) is 11.8 Å². The molecule has 3 aromatic rings. The van der Waals surface area contributed by atoms with Gasteiger partial charge in [-0.1, -0.05) is 30.3 Å². The van der Waals surface area contributed by atoms with E-state index in [1.807, 2.05) is 6.07 Å². The Morgan fingerprint density at radius 1 is 0.643 bits per heavy atom. The molecule has 3 aromatic carbocycles. The fraction of sp³-hybridized carbons (Fsp3) is 0.0455. The molecule has 0 radical (unpaired) electrons. The molecular formula is C22H18N2O4. The van der Waals surface area contributed by atoms with Gasteiger partial charge in [-0.05, 0) is 48.5 Å². The minimum atomic E-state index is -0.514. The van der Waals surface area contributed by atoms with E-state index in [0.29, 0.717) is 28.1 Å². The second-order valence-corrected chi connectivity index (χ2v) is 5.93. The lowest BCUT2D eigenvalue weighted by Gasteiger charge is -2.09. The van der Waals surface area contributed by atoms with E-state index in [1.165, 1.54) is 13.2 Å². The number of amides is 2. The highest BCUT2D eigenvalue weighted by Crippen LogP contribution is 2.17. The van der Waals surface area contributed by atoms with Crippen LogP contribution in [0.2, 0.25) is 0 Å². The normalized spacial score (nSPS) is 10.0. The Bertz CT molecular complexity index is 1020. The molecule has 140 valence electrons. The van der Waals surface area contributed by atoms with Crippen molar-refractivity contribution in [1.82, 2.24) is 0 Å². The standard InChI is InChI=1S/C22H18N2O4/c1-28-22(27)17-10-5-9-16(13-17)21(26)24-19-12-6-11-18(14-19)23-20(25)15-7-3-2-4-8-15/h2-14H,1H3,(H,23,25)(H,24,26). The van der Waals surface area contributed by atoms with Gasteiger partial charge in [0.1, 0.15) is 0 Å². The fourth-order valence-electron chi connectivity index (χ4n) is 2.58. The number of methoxy groups -OCH3 is 1. The van der Waals surface area contributed by atoms with Crippen molar-refractivity contribution in [2.24, 2.45) is 0 Å². The summed E-state index contributed by atoms with van der Waals surface area (Å²) in [5.74, 6) is -1.13. The average molecular weight is 374 g/mol. The van der Waals surface area contributed by atoms with E-state index in [2.05, 4.69) is 15.4 Å². The maximum Gasteiger partial charge on any atom is 0.337 e. The maximum absolute atomic E-state index is 12.5. The summed E-state index contributed by atoms with van der Waals surface area (Å²) < 4.78 is 4.67. The Kier molecular flexibility index (Phi) is 5.81. The summed E-state index contributed by atoms with van der Waals surface area (Å²) in [5.41, 5.74) is 2.21. The van der Waals surface area contributed by atoms with Crippen LogP contribution < -0.4 is 10.6 Å². The summed E-state index contributed by atoms with van der Waals surface area (Å²) in [6, 6.07) is 21.9. The molecule has 0 aliphatic rings. The predicted molar refractivity (Wildman–Crippen MR) is 107 cm³/mol. The number of nitrogens with one attached hydrogen (secondary N) is 2. The van der Waals surface area contributed by atoms with Crippen LogP contribution in [-0.4, -0.2) is 24.9 Å². The van der Waals surface area contributed by atoms with Crippen LogP contribution in [-0.2, 0) is 4.74 Å². The first kappa shape index (κ1) is 18.8. The molecule has 0 spiro atoms. The van der Waals surface area contributed by atoms with Crippen LogP contribution in [0.3, 0.4) is 0 Å². The molecule has 0 atom stereocenters. The number of carbonyl (C=O) groups is 3. The van der Waals surface area contributed by atoms with Gasteiger partial charge in [-0.25, -0.2) is 4.79 Å². The minimum absolute atomic E-state index is 0.241. The second-order valence-electron chi connectivity index (χ2n) is 5.93. The number of rotatable bonds is 5. The molecule has 6 heteroatoms. The third kappa shape index (κ3) is 4.62. The Morgan fingerprint density at radius 2 is 1.18 bits per heavy atom. The molecule has 2 N–H and O–H groups in total. The molecule has 2 amide bonds. The van der Waals surface area contributed by atoms with Crippen molar-refractivity contribution in [3.8, 4) is 0 Å². The topological polar surface area (TPSA) is 84.5 Å². The molecule has 0 aliphatic heterocycles. The molecule has 3 rings (SSSR count). The third-order valence-corrected chi connectivity index (χ3v) is 3.96. The van der Waals surface area contributed by atoms with Gasteiger partial charge < -0.3 is 15.4 Å². The molecule has 6 nitrogen and oxygen atoms in total. The summed E-state index contributed by atoms with van der Waals surface area (Å²) in [6.07, 6.45) is 0. The van der Waals surface area contributed by atoms with E-state index in [9.17, 15) is 14.4 Å². The van der Waals surface area contributed by atoms with Crippen LogP contribution in [0.15, 0.2) is 78.9 Å². The second kappa shape index (κ2) is 8.64. The van der Waals surface area contributed by atoms with Gasteiger partial charge in [0.15, 0.2) is 0 Å². The average Bonchev–Trinajstić information content (AvgIpc) is 2.74. The summed E-state index contributed by atoms with van der Waals surface area (Å²) in [5, 5.41) is 5.55. The maximum atomic E-state index is 12.5. The van der Waals surface area contributed by atoms with Crippen molar-refractivity contribution < 1.29 is 19.1 Å². The van der Waals surface area contributed by atoms with Crippen molar-refractivity contribution in [2.75, 3.05) is 17.7 Å². The van der Waals surface area contributed by atoms with Crippen molar-refractivity contribution in [2.45, 2.75) is 0 Å². The van der Waals surface area contributed by atoms with Gasteiger partial charge in [0, 0.05) is 22.5 Å². The SMILES string of the molecule is COC(=O)c1cccc(C(=O)Nc2cccc(NC(=O)c3ccccc3)c2)c1. The number of benzene rings is 3.